The predicted octanol–water partition coefficient (Wildman–Crippen LogP) is 7.83. The number of aromatic nitrogens is 4. The van der Waals surface area contributed by atoms with Crippen molar-refractivity contribution >= 4 is 11.8 Å². The Labute approximate surface area is 253 Å². The van der Waals surface area contributed by atoms with Crippen LogP contribution in [0, 0.1) is 12.3 Å². The molecule has 0 saturated heterocycles. The summed E-state index contributed by atoms with van der Waals surface area (Å²) in [6, 6.07) is 34.7. The number of hydrogen-bond acceptors (Lipinski definition) is 5. The summed E-state index contributed by atoms with van der Waals surface area (Å²) in [4.78, 5) is 23.5. The second-order valence-electron chi connectivity index (χ2n) is 9.68. The summed E-state index contributed by atoms with van der Waals surface area (Å²) in [5.74, 6) is 3.77. The first-order valence-electron chi connectivity index (χ1n) is 14.1. The normalized spacial score (nSPS) is 12.1. The van der Waals surface area contributed by atoms with E-state index in [4.69, 9.17) is 21.4 Å². The largest absolute Gasteiger partial charge is 0.280 e. The molecule has 43 heavy (non-hydrogen) atoms. The molecule has 208 valence electrons. The molecule has 0 bridgehead atoms. The highest BCUT2D eigenvalue weighted by Crippen LogP contribution is 2.25. The summed E-state index contributed by atoms with van der Waals surface area (Å²) in [7, 11) is 0. The summed E-state index contributed by atoms with van der Waals surface area (Å²) in [6.45, 7) is 2.48. The number of allylic oxidation sites excluding steroid dienone is 3. The maximum absolute atomic E-state index is 5.39. The Kier molecular flexibility index (Phi) is 9.89. The van der Waals surface area contributed by atoms with Crippen LogP contribution in [0.1, 0.15) is 29.7 Å². The standard InChI is InChI=1S/C38H31N5/c1-3-5-15-29(4-2)27-39-34(31-16-9-6-10-17-31)22-23-37-40-28-41-38(43-37)26-30-24-35(32-18-11-7-12-19-32)42-36(25-30)33-20-13-8-14-21-33/h1,4-25,28H,26-27H2,2H3/b15-5-,23-22+,29-4+,39-34?. The summed E-state index contributed by atoms with van der Waals surface area (Å²) < 4.78 is 0. The zero-order chi connectivity index (χ0) is 29.7. The van der Waals surface area contributed by atoms with Crippen molar-refractivity contribution in [3.05, 3.63) is 162 Å². The minimum Gasteiger partial charge on any atom is -0.280 e. The zero-order valence-corrected chi connectivity index (χ0v) is 24.0. The minimum absolute atomic E-state index is 0.501. The van der Waals surface area contributed by atoms with Crippen molar-refractivity contribution < 1.29 is 0 Å². The molecule has 5 aromatic rings. The lowest BCUT2D eigenvalue weighted by molar-refractivity contribution is 0.906. The van der Waals surface area contributed by atoms with Crippen LogP contribution in [0.3, 0.4) is 0 Å². The van der Waals surface area contributed by atoms with Gasteiger partial charge in [0.25, 0.3) is 0 Å². The Morgan fingerprint density at radius 2 is 1.42 bits per heavy atom. The maximum Gasteiger partial charge on any atom is 0.155 e. The quantitative estimate of drug-likeness (QED) is 0.0997. The third kappa shape index (κ3) is 8.16. The SMILES string of the molecule is C#C/C=C\C(=C/C)CN=C(/C=C/c1ncnc(Cc2cc(-c3ccccc3)nc(-c3ccccc3)c2)n1)c1ccccc1. The second kappa shape index (κ2) is 14.8. The highest BCUT2D eigenvalue weighted by molar-refractivity contribution is 6.10. The minimum atomic E-state index is 0.501. The molecule has 2 heterocycles. The van der Waals surface area contributed by atoms with Crippen molar-refractivity contribution in [1.29, 1.82) is 0 Å². The first-order valence-corrected chi connectivity index (χ1v) is 14.1. The first-order chi connectivity index (χ1) is 21.2. The lowest BCUT2D eigenvalue weighted by Crippen LogP contribution is -2.03. The van der Waals surface area contributed by atoms with Crippen LogP contribution in [-0.4, -0.2) is 32.2 Å². The van der Waals surface area contributed by atoms with E-state index >= 15 is 0 Å². The Balaban J connectivity index is 1.43. The molecule has 0 aliphatic carbocycles. The highest BCUT2D eigenvalue weighted by atomic mass is 15.0. The molecule has 2 aromatic heterocycles. The van der Waals surface area contributed by atoms with E-state index in [1.165, 1.54) is 0 Å². The van der Waals surface area contributed by atoms with Gasteiger partial charge in [0.2, 0.25) is 0 Å². The van der Waals surface area contributed by atoms with Gasteiger partial charge < -0.3 is 0 Å². The molecule has 5 nitrogen and oxygen atoms in total. The van der Waals surface area contributed by atoms with E-state index in [2.05, 4.69) is 52.3 Å². The Morgan fingerprint density at radius 1 is 0.791 bits per heavy atom. The molecule has 5 rings (SSSR count). The van der Waals surface area contributed by atoms with Crippen molar-refractivity contribution in [2.45, 2.75) is 13.3 Å². The smallest absolute Gasteiger partial charge is 0.155 e. The summed E-state index contributed by atoms with van der Waals surface area (Å²) >= 11 is 0. The van der Waals surface area contributed by atoms with E-state index in [1.54, 1.807) is 12.4 Å². The summed E-state index contributed by atoms with van der Waals surface area (Å²) in [6.07, 6.45) is 16.9. The van der Waals surface area contributed by atoms with E-state index in [0.29, 0.717) is 24.6 Å². The molecule has 5 heteroatoms. The molecule has 0 atom stereocenters. The van der Waals surface area contributed by atoms with E-state index in [-0.39, 0.29) is 0 Å². The average molecular weight is 558 g/mol. The van der Waals surface area contributed by atoms with Gasteiger partial charge in [0.05, 0.1) is 23.6 Å². The fourth-order valence-corrected chi connectivity index (χ4v) is 4.47. The molecule has 0 radical (unpaired) electrons. The van der Waals surface area contributed by atoms with Gasteiger partial charge in [-0.15, -0.1) is 6.42 Å². The fraction of sp³-hybridized carbons (Fsp3) is 0.0789. The predicted molar refractivity (Wildman–Crippen MR) is 176 cm³/mol. The monoisotopic (exact) mass is 557 g/mol. The lowest BCUT2D eigenvalue weighted by Gasteiger charge is -2.10. The summed E-state index contributed by atoms with van der Waals surface area (Å²) in [5, 5.41) is 0. The Morgan fingerprint density at radius 3 is 2.02 bits per heavy atom. The Hall–Kier alpha value is -5.73. The molecule has 0 unspecified atom stereocenters. The average Bonchev–Trinajstić information content (AvgIpc) is 3.07. The van der Waals surface area contributed by atoms with E-state index in [9.17, 15) is 0 Å². The van der Waals surface area contributed by atoms with Gasteiger partial charge in [-0.3, -0.25) is 4.99 Å². The molecular formula is C38H31N5. The van der Waals surface area contributed by atoms with Crippen molar-refractivity contribution in [1.82, 2.24) is 19.9 Å². The number of rotatable bonds is 10. The van der Waals surface area contributed by atoms with Crippen molar-refractivity contribution in [3.8, 4) is 34.9 Å². The van der Waals surface area contributed by atoms with Gasteiger partial charge in [0.15, 0.2) is 5.82 Å². The molecule has 3 aromatic carbocycles. The van der Waals surface area contributed by atoms with Crippen LogP contribution in [0.15, 0.2) is 144 Å². The van der Waals surface area contributed by atoms with Gasteiger partial charge in [0, 0.05) is 17.5 Å². The van der Waals surface area contributed by atoms with Crippen LogP contribution in [-0.2, 0) is 6.42 Å². The lowest BCUT2D eigenvalue weighted by atomic mass is 10.0. The van der Waals surface area contributed by atoms with Crippen molar-refractivity contribution in [3.63, 3.8) is 0 Å². The van der Waals surface area contributed by atoms with Crippen LogP contribution in [0.4, 0.5) is 0 Å². The topological polar surface area (TPSA) is 63.9 Å². The zero-order valence-electron chi connectivity index (χ0n) is 24.0. The van der Waals surface area contributed by atoms with Crippen molar-refractivity contribution in [2.75, 3.05) is 6.54 Å². The van der Waals surface area contributed by atoms with Gasteiger partial charge >= 0.3 is 0 Å². The summed E-state index contributed by atoms with van der Waals surface area (Å²) in [5.41, 5.74) is 7.87. The number of terminal acetylenes is 1. The van der Waals surface area contributed by atoms with Crippen LogP contribution in [0.5, 0.6) is 0 Å². The molecule has 0 aliphatic heterocycles. The van der Waals surface area contributed by atoms with E-state index in [1.807, 2.05) is 98.0 Å². The van der Waals surface area contributed by atoms with Crippen LogP contribution >= 0.6 is 0 Å². The molecule has 0 saturated carbocycles. The van der Waals surface area contributed by atoms with Crippen LogP contribution < -0.4 is 0 Å². The van der Waals surface area contributed by atoms with Gasteiger partial charge in [-0.2, -0.15) is 0 Å². The molecule has 0 spiro atoms. The van der Waals surface area contributed by atoms with Gasteiger partial charge in [0.1, 0.15) is 12.2 Å². The third-order valence-electron chi connectivity index (χ3n) is 6.68. The molecule has 0 aliphatic rings. The number of benzene rings is 3. The number of nitrogens with zero attached hydrogens (tertiary/aromatic N) is 5. The fourth-order valence-electron chi connectivity index (χ4n) is 4.47. The van der Waals surface area contributed by atoms with Crippen molar-refractivity contribution in [2.24, 2.45) is 4.99 Å². The van der Waals surface area contributed by atoms with Crippen LogP contribution in [0.25, 0.3) is 28.6 Å². The van der Waals surface area contributed by atoms with Gasteiger partial charge in [-0.25, -0.2) is 19.9 Å². The first kappa shape index (κ1) is 28.8. The molecular weight excluding hydrogens is 526 g/mol. The Bertz CT molecular complexity index is 1760. The highest BCUT2D eigenvalue weighted by Gasteiger charge is 2.10. The number of hydrogen-bond donors (Lipinski definition) is 0. The van der Waals surface area contributed by atoms with E-state index < -0.39 is 0 Å². The van der Waals surface area contributed by atoms with Crippen LogP contribution in [0.2, 0.25) is 0 Å². The molecule has 0 N–H and O–H groups in total. The number of aliphatic imine (C=N–C) groups is 1. The third-order valence-corrected chi connectivity index (χ3v) is 6.68. The number of pyridine rings is 1. The van der Waals surface area contributed by atoms with Gasteiger partial charge in [-0.05, 0) is 60.1 Å². The molecule has 0 amide bonds. The second-order valence-corrected chi connectivity index (χ2v) is 9.68. The molecule has 0 fully saturated rings. The van der Waals surface area contributed by atoms with Gasteiger partial charge in [-0.1, -0.05) is 103 Å². The van der Waals surface area contributed by atoms with E-state index in [0.717, 1.165) is 44.9 Å². The maximum atomic E-state index is 5.39.